The number of rotatable bonds is 4. The number of ether oxygens (including phenoxy) is 1. The molecule has 4 aromatic rings. The van der Waals surface area contributed by atoms with E-state index in [-0.39, 0.29) is 24.1 Å². The number of hydrogen-bond acceptors (Lipinski definition) is 6. The fourth-order valence-corrected chi connectivity index (χ4v) is 3.77. The Morgan fingerprint density at radius 2 is 1.96 bits per heavy atom. The van der Waals surface area contributed by atoms with Crippen LogP contribution < -0.4 is 0 Å². The Kier molecular flexibility index (Phi) is 4.40. The molecule has 0 spiro atoms. The summed E-state index contributed by atoms with van der Waals surface area (Å²) in [6.07, 6.45) is 0. The standard InChI is InChI=1S/C18H10ClFN2O3S/c19-15-12-3-1-2-4-13(12)26-16(15)18(23)24-9-14-21-17(22-25-14)10-5-7-11(20)8-6-10/h1-8H,9H2. The molecule has 0 radical (unpaired) electrons. The number of hydrogen-bond donors (Lipinski definition) is 0. The Morgan fingerprint density at radius 1 is 1.19 bits per heavy atom. The Hall–Kier alpha value is -2.77. The summed E-state index contributed by atoms with van der Waals surface area (Å²) in [7, 11) is 0. The third kappa shape index (κ3) is 3.18. The zero-order chi connectivity index (χ0) is 18.1. The maximum Gasteiger partial charge on any atom is 0.350 e. The molecule has 2 heterocycles. The van der Waals surface area contributed by atoms with E-state index in [2.05, 4.69) is 10.1 Å². The van der Waals surface area contributed by atoms with Crippen molar-refractivity contribution in [3.63, 3.8) is 0 Å². The molecular weight excluding hydrogens is 379 g/mol. The third-order valence-corrected chi connectivity index (χ3v) is 5.27. The van der Waals surface area contributed by atoms with Crippen LogP contribution in [0.1, 0.15) is 15.6 Å². The topological polar surface area (TPSA) is 65.2 Å². The number of fused-ring (bicyclic) bond motifs is 1. The van der Waals surface area contributed by atoms with Crippen molar-refractivity contribution >= 4 is 39.0 Å². The first-order valence-corrected chi connectivity index (χ1v) is 8.74. The van der Waals surface area contributed by atoms with E-state index in [1.54, 1.807) is 0 Å². The van der Waals surface area contributed by atoms with E-state index in [9.17, 15) is 9.18 Å². The number of carbonyl (C=O) groups excluding carboxylic acids is 1. The van der Waals surface area contributed by atoms with Crippen LogP contribution in [-0.4, -0.2) is 16.1 Å². The molecule has 0 aliphatic heterocycles. The van der Waals surface area contributed by atoms with Gasteiger partial charge in [0.05, 0.1) is 5.02 Å². The van der Waals surface area contributed by atoms with Crippen LogP contribution >= 0.6 is 22.9 Å². The monoisotopic (exact) mass is 388 g/mol. The first-order valence-electron chi connectivity index (χ1n) is 7.54. The number of benzene rings is 2. The molecule has 0 fully saturated rings. The lowest BCUT2D eigenvalue weighted by atomic mass is 10.2. The molecule has 26 heavy (non-hydrogen) atoms. The van der Waals surface area contributed by atoms with E-state index in [1.807, 2.05) is 24.3 Å². The fraction of sp³-hybridized carbons (Fsp3) is 0.0556. The number of halogens is 2. The second-order valence-electron chi connectivity index (χ2n) is 5.34. The lowest BCUT2D eigenvalue weighted by Crippen LogP contribution is -2.04. The van der Waals surface area contributed by atoms with E-state index in [0.717, 1.165) is 10.1 Å². The summed E-state index contributed by atoms with van der Waals surface area (Å²) in [5, 5.41) is 4.97. The number of thiophene rings is 1. The molecule has 0 N–H and O–H groups in total. The maximum absolute atomic E-state index is 13.0. The molecule has 0 amide bonds. The molecule has 0 unspecified atom stereocenters. The molecule has 5 nitrogen and oxygen atoms in total. The number of carbonyl (C=O) groups is 1. The zero-order valence-electron chi connectivity index (χ0n) is 13.1. The molecule has 0 aliphatic rings. The van der Waals surface area contributed by atoms with Gasteiger partial charge in [0.2, 0.25) is 5.82 Å². The average Bonchev–Trinajstić information content (AvgIpc) is 3.26. The normalized spacial score (nSPS) is 11.0. The predicted molar refractivity (Wildman–Crippen MR) is 95.6 cm³/mol. The van der Waals surface area contributed by atoms with E-state index in [1.165, 1.54) is 35.6 Å². The summed E-state index contributed by atoms with van der Waals surface area (Å²) in [5.74, 6) is -0.491. The molecule has 0 aliphatic carbocycles. The van der Waals surface area contributed by atoms with Gasteiger partial charge in [-0.15, -0.1) is 11.3 Å². The van der Waals surface area contributed by atoms with Gasteiger partial charge >= 0.3 is 5.97 Å². The van der Waals surface area contributed by atoms with Crippen molar-refractivity contribution in [2.45, 2.75) is 6.61 Å². The number of aromatic nitrogens is 2. The third-order valence-electron chi connectivity index (χ3n) is 3.62. The van der Waals surface area contributed by atoms with Crippen LogP contribution in [0, 0.1) is 5.82 Å². The lowest BCUT2D eigenvalue weighted by molar-refractivity contribution is 0.0436. The van der Waals surface area contributed by atoms with Gasteiger partial charge in [-0.25, -0.2) is 9.18 Å². The van der Waals surface area contributed by atoms with Crippen molar-refractivity contribution in [2.75, 3.05) is 0 Å². The van der Waals surface area contributed by atoms with Crippen LogP contribution in [0.4, 0.5) is 4.39 Å². The summed E-state index contributed by atoms with van der Waals surface area (Å²) >= 11 is 7.52. The van der Waals surface area contributed by atoms with Gasteiger partial charge in [-0.2, -0.15) is 4.98 Å². The Balaban J connectivity index is 1.47. The molecule has 0 saturated heterocycles. The summed E-state index contributed by atoms with van der Waals surface area (Å²) in [5.41, 5.74) is 0.597. The molecule has 8 heteroatoms. The van der Waals surface area contributed by atoms with Crippen LogP contribution in [0.15, 0.2) is 53.1 Å². The molecular formula is C18H10ClFN2O3S. The van der Waals surface area contributed by atoms with Gasteiger partial charge in [0.15, 0.2) is 6.61 Å². The van der Waals surface area contributed by atoms with Gasteiger partial charge in [0, 0.05) is 15.6 Å². The van der Waals surface area contributed by atoms with Crippen molar-refractivity contribution in [3.05, 3.63) is 70.1 Å². The van der Waals surface area contributed by atoms with Gasteiger partial charge in [-0.05, 0) is 30.3 Å². The lowest BCUT2D eigenvalue weighted by Gasteiger charge is -1.99. The first-order chi connectivity index (χ1) is 12.6. The molecule has 2 aromatic carbocycles. The molecule has 0 saturated carbocycles. The molecule has 2 aromatic heterocycles. The number of esters is 1. The second-order valence-corrected chi connectivity index (χ2v) is 6.77. The number of nitrogens with zero attached hydrogens (tertiary/aromatic N) is 2. The van der Waals surface area contributed by atoms with Gasteiger partial charge < -0.3 is 9.26 Å². The first kappa shape index (κ1) is 16.7. The van der Waals surface area contributed by atoms with Crippen LogP contribution in [0.3, 0.4) is 0 Å². The van der Waals surface area contributed by atoms with Gasteiger partial charge in [0.25, 0.3) is 5.89 Å². The van der Waals surface area contributed by atoms with Crippen molar-refractivity contribution < 1.29 is 18.4 Å². The molecule has 0 bridgehead atoms. The fourth-order valence-electron chi connectivity index (χ4n) is 2.37. The molecule has 4 rings (SSSR count). The van der Waals surface area contributed by atoms with Crippen LogP contribution in [0.25, 0.3) is 21.5 Å². The highest BCUT2D eigenvalue weighted by molar-refractivity contribution is 7.21. The minimum Gasteiger partial charge on any atom is -0.451 e. The van der Waals surface area contributed by atoms with Crippen molar-refractivity contribution in [2.24, 2.45) is 0 Å². The van der Waals surface area contributed by atoms with Gasteiger partial charge in [-0.1, -0.05) is 35.0 Å². The Labute approximate surface area is 156 Å². The molecule has 0 atom stereocenters. The average molecular weight is 389 g/mol. The minimum absolute atomic E-state index is 0.134. The highest BCUT2D eigenvalue weighted by atomic mass is 35.5. The highest BCUT2D eigenvalue weighted by Gasteiger charge is 2.19. The summed E-state index contributed by atoms with van der Waals surface area (Å²) in [6.45, 7) is -0.183. The van der Waals surface area contributed by atoms with E-state index in [0.29, 0.717) is 15.5 Å². The smallest absolute Gasteiger partial charge is 0.350 e. The van der Waals surface area contributed by atoms with Gasteiger partial charge in [0.1, 0.15) is 10.7 Å². The van der Waals surface area contributed by atoms with Gasteiger partial charge in [-0.3, -0.25) is 0 Å². The Morgan fingerprint density at radius 3 is 2.73 bits per heavy atom. The van der Waals surface area contributed by atoms with Crippen LogP contribution in [0.5, 0.6) is 0 Å². The summed E-state index contributed by atoms with van der Waals surface area (Å²) in [6, 6.07) is 13.1. The van der Waals surface area contributed by atoms with Crippen LogP contribution in [-0.2, 0) is 11.3 Å². The van der Waals surface area contributed by atoms with Crippen molar-refractivity contribution in [1.29, 1.82) is 0 Å². The van der Waals surface area contributed by atoms with E-state index >= 15 is 0 Å². The van der Waals surface area contributed by atoms with E-state index in [4.69, 9.17) is 20.9 Å². The highest BCUT2D eigenvalue weighted by Crippen LogP contribution is 2.35. The molecule has 130 valence electrons. The SMILES string of the molecule is O=C(OCc1nc(-c2ccc(F)cc2)no1)c1sc2ccccc2c1Cl. The largest absolute Gasteiger partial charge is 0.451 e. The van der Waals surface area contributed by atoms with Crippen molar-refractivity contribution in [1.82, 2.24) is 10.1 Å². The van der Waals surface area contributed by atoms with E-state index < -0.39 is 5.97 Å². The van der Waals surface area contributed by atoms with Crippen LogP contribution in [0.2, 0.25) is 5.02 Å². The minimum atomic E-state index is -0.558. The maximum atomic E-state index is 13.0. The van der Waals surface area contributed by atoms with Crippen molar-refractivity contribution in [3.8, 4) is 11.4 Å². The Bertz CT molecular complexity index is 1090. The summed E-state index contributed by atoms with van der Waals surface area (Å²) < 4.78 is 24.1. The summed E-state index contributed by atoms with van der Waals surface area (Å²) in [4.78, 5) is 16.8. The quantitative estimate of drug-likeness (QED) is 0.455. The predicted octanol–water partition coefficient (Wildman–Crippen LogP) is 5.10. The second kappa shape index (κ2) is 6.86. The zero-order valence-corrected chi connectivity index (χ0v) is 14.7.